The number of anilines is 1. The summed E-state index contributed by atoms with van der Waals surface area (Å²) in [5, 5.41) is 11.1. The molecule has 0 bridgehead atoms. The van der Waals surface area contributed by atoms with Gasteiger partial charge in [0.25, 0.3) is 5.91 Å². The molecule has 1 aliphatic heterocycles. The highest BCUT2D eigenvalue weighted by Gasteiger charge is 2.50. The van der Waals surface area contributed by atoms with Crippen molar-refractivity contribution in [2.75, 3.05) is 18.1 Å². The van der Waals surface area contributed by atoms with Crippen molar-refractivity contribution >= 4 is 17.4 Å². The van der Waals surface area contributed by atoms with Gasteiger partial charge < -0.3 is 14.7 Å². The molecule has 1 heterocycles. The topological polar surface area (TPSA) is 66.8 Å². The summed E-state index contributed by atoms with van der Waals surface area (Å²) in [6.45, 7) is 8.11. The zero-order chi connectivity index (χ0) is 20.5. The van der Waals surface area contributed by atoms with Crippen molar-refractivity contribution in [3.8, 4) is 5.75 Å². The summed E-state index contributed by atoms with van der Waals surface area (Å²) in [7, 11) is 0. The van der Waals surface area contributed by atoms with E-state index in [0.717, 1.165) is 28.1 Å². The Morgan fingerprint density at radius 1 is 1.14 bits per heavy atom. The van der Waals surface area contributed by atoms with Crippen LogP contribution in [0.2, 0.25) is 0 Å². The quantitative estimate of drug-likeness (QED) is 0.744. The number of fused-ring (bicyclic) bond motifs is 1. The molecule has 1 amide bonds. The molecular formula is C23H27NO4. The summed E-state index contributed by atoms with van der Waals surface area (Å²) < 4.78 is 5.83. The fourth-order valence-corrected chi connectivity index (χ4v) is 3.94. The molecule has 1 N–H and O–H groups in total. The van der Waals surface area contributed by atoms with Crippen LogP contribution in [0.5, 0.6) is 5.75 Å². The number of para-hydroxylation sites is 1. The third-order valence-electron chi connectivity index (χ3n) is 5.14. The molecule has 2 aromatic carbocycles. The average Bonchev–Trinajstić information content (AvgIpc) is 2.81. The second-order valence-electron chi connectivity index (χ2n) is 7.64. The normalized spacial score (nSPS) is 18.3. The molecule has 0 aromatic heterocycles. The van der Waals surface area contributed by atoms with E-state index < -0.39 is 11.5 Å². The first-order valence-corrected chi connectivity index (χ1v) is 9.58. The van der Waals surface area contributed by atoms with E-state index >= 15 is 0 Å². The Hall–Kier alpha value is -2.66. The Morgan fingerprint density at radius 2 is 1.86 bits per heavy atom. The predicted molar refractivity (Wildman–Crippen MR) is 109 cm³/mol. The zero-order valence-corrected chi connectivity index (χ0v) is 16.9. The van der Waals surface area contributed by atoms with Gasteiger partial charge in [0.15, 0.2) is 5.60 Å². The van der Waals surface area contributed by atoms with Crippen LogP contribution in [-0.2, 0) is 15.2 Å². The van der Waals surface area contributed by atoms with E-state index in [0.29, 0.717) is 25.1 Å². The Kier molecular flexibility index (Phi) is 5.57. The number of aryl methyl sites for hydroxylation is 3. The molecule has 1 unspecified atom stereocenters. The Morgan fingerprint density at radius 3 is 2.54 bits per heavy atom. The van der Waals surface area contributed by atoms with Gasteiger partial charge in [-0.05, 0) is 51.3 Å². The van der Waals surface area contributed by atoms with Crippen LogP contribution in [-0.4, -0.2) is 29.9 Å². The van der Waals surface area contributed by atoms with Crippen LogP contribution in [0.25, 0.3) is 0 Å². The predicted octanol–water partition coefficient (Wildman–Crippen LogP) is 3.59. The lowest BCUT2D eigenvalue weighted by Gasteiger charge is -2.22. The Bertz CT molecular complexity index is 921. The first-order valence-electron chi connectivity index (χ1n) is 9.58. The van der Waals surface area contributed by atoms with Gasteiger partial charge in [-0.3, -0.25) is 9.59 Å². The molecule has 0 saturated heterocycles. The number of amides is 1. The van der Waals surface area contributed by atoms with Crippen LogP contribution < -0.4 is 9.64 Å². The van der Waals surface area contributed by atoms with Gasteiger partial charge in [0.05, 0.1) is 12.3 Å². The van der Waals surface area contributed by atoms with Gasteiger partial charge in [-0.1, -0.05) is 35.9 Å². The molecule has 2 aromatic rings. The number of hydrogen-bond acceptors (Lipinski definition) is 4. The molecule has 0 radical (unpaired) electrons. The van der Waals surface area contributed by atoms with Crippen molar-refractivity contribution in [2.45, 2.75) is 46.1 Å². The minimum atomic E-state index is -1.78. The van der Waals surface area contributed by atoms with Crippen molar-refractivity contribution in [3.63, 3.8) is 0 Å². The molecule has 0 spiro atoms. The second kappa shape index (κ2) is 7.76. The SMILES string of the molecule is CC(=O)CC1(O)C(=O)N(CCCOc2ccccc2C)c2c(C)cc(C)cc21. The van der Waals surface area contributed by atoms with Crippen molar-refractivity contribution in [1.82, 2.24) is 0 Å². The highest BCUT2D eigenvalue weighted by Crippen LogP contribution is 2.45. The number of benzene rings is 2. The molecule has 28 heavy (non-hydrogen) atoms. The lowest BCUT2D eigenvalue weighted by atomic mass is 9.88. The van der Waals surface area contributed by atoms with Crippen molar-refractivity contribution < 1.29 is 19.4 Å². The number of carbonyl (C=O) groups excluding carboxylic acids is 2. The summed E-state index contributed by atoms with van der Waals surface area (Å²) in [5.41, 5.74) is 2.40. The lowest BCUT2D eigenvalue weighted by molar-refractivity contribution is -0.141. The van der Waals surface area contributed by atoms with Gasteiger partial charge in [-0.15, -0.1) is 0 Å². The molecule has 1 atom stereocenters. The van der Waals surface area contributed by atoms with Gasteiger partial charge in [0.2, 0.25) is 0 Å². The maximum atomic E-state index is 13.1. The zero-order valence-electron chi connectivity index (χ0n) is 16.9. The Balaban J connectivity index is 1.79. The minimum absolute atomic E-state index is 0.210. The minimum Gasteiger partial charge on any atom is -0.493 e. The number of ketones is 1. The van der Waals surface area contributed by atoms with Crippen LogP contribution in [0.1, 0.15) is 42.0 Å². The molecule has 5 nitrogen and oxygen atoms in total. The Labute approximate surface area is 165 Å². The van der Waals surface area contributed by atoms with Crippen molar-refractivity contribution in [2.24, 2.45) is 0 Å². The fourth-order valence-electron chi connectivity index (χ4n) is 3.94. The highest BCUT2D eigenvalue weighted by molar-refractivity contribution is 6.09. The maximum absolute atomic E-state index is 13.1. The molecule has 0 fully saturated rings. The van der Waals surface area contributed by atoms with Crippen LogP contribution >= 0.6 is 0 Å². The fraction of sp³-hybridized carbons (Fsp3) is 0.391. The largest absolute Gasteiger partial charge is 0.493 e. The third-order valence-corrected chi connectivity index (χ3v) is 5.14. The van der Waals surface area contributed by atoms with Crippen LogP contribution in [0.15, 0.2) is 36.4 Å². The summed E-state index contributed by atoms with van der Waals surface area (Å²) in [4.78, 5) is 26.4. The van der Waals surface area contributed by atoms with E-state index in [-0.39, 0.29) is 12.2 Å². The number of ether oxygens (including phenoxy) is 1. The first kappa shape index (κ1) is 20.1. The van der Waals surface area contributed by atoms with Crippen LogP contribution in [0.3, 0.4) is 0 Å². The van der Waals surface area contributed by atoms with Gasteiger partial charge in [-0.25, -0.2) is 0 Å². The molecule has 5 heteroatoms. The van der Waals surface area contributed by atoms with Gasteiger partial charge in [-0.2, -0.15) is 0 Å². The number of carbonyl (C=O) groups is 2. The van der Waals surface area contributed by atoms with E-state index in [1.165, 1.54) is 6.92 Å². The number of nitrogens with zero attached hydrogens (tertiary/aromatic N) is 1. The number of hydrogen-bond donors (Lipinski definition) is 1. The molecule has 148 valence electrons. The van der Waals surface area contributed by atoms with Crippen molar-refractivity contribution in [3.05, 3.63) is 58.7 Å². The molecular weight excluding hydrogens is 354 g/mol. The lowest BCUT2D eigenvalue weighted by Crippen LogP contribution is -2.42. The summed E-state index contributed by atoms with van der Waals surface area (Å²) in [6, 6.07) is 11.6. The van der Waals surface area contributed by atoms with E-state index in [1.807, 2.05) is 57.2 Å². The smallest absolute Gasteiger partial charge is 0.264 e. The van der Waals surface area contributed by atoms with Crippen LogP contribution in [0.4, 0.5) is 5.69 Å². The number of aliphatic hydroxyl groups is 1. The summed E-state index contributed by atoms with van der Waals surface area (Å²) in [5.74, 6) is 0.184. The standard InChI is InChI=1S/C23H27NO4/c1-15-12-17(3)21-19(13-15)23(27,14-18(4)25)22(26)24(21)10-7-11-28-20-9-6-5-8-16(20)2/h5-6,8-9,12-13,27H,7,10-11,14H2,1-4H3. The first-order chi connectivity index (χ1) is 13.2. The maximum Gasteiger partial charge on any atom is 0.264 e. The average molecular weight is 381 g/mol. The van der Waals surface area contributed by atoms with Crippen molar-refractivity contribution in [1.29, 1.82) is 0 Å². The second-order valence-corrected chi connectivity index (χ2v) is 7.64. The summed E-state index contributed by atoms with van der Waals surface area (Å²) in [6.07, 6.45) is 0.404. The van der Waals surface area contributed by atoms with Gasteiger partial charge in [0, 0.05) is 18.5 Å². The van der Waals surface area contributed by atoms with Crippen LogP contribution in [0, 0.1) is 20.8 Å². The third kappa shape index (κ3) is 3.67. The highest BCUT2D eigenvalue weighted by atomic mass is 16.5. The number of Topliss-reactive ketones (excluding diaryl/α,β-unsaturated/α-hetero) is 1. The van der Waals surface area contributed by atoms with E-state index in [1.54, 1.807) is 4.90 Å². The summed E-state index contributed by atoms with van der Waals surface area (Å²) >= 11 is 0. The van der Waals surface area contributed by atoms with E-state index in [2.05, 4.69) is 0 Å². The number of rotatable bonds is 7. The monoisotopic (exact) mass is 381 g/mol. The van der Waals surface area contributed by atoms with Gasteiger partial charge in [0.1, 0.15) is 11.5 Å². The van der Waals surface area contributed by atoms with E-state index in [9.17, 15) is 14.7 Å². The molecule has 0 saturated carbocycles. The van der Waals surface area contributed by atoms with Gasteiger partial charge >= 0.3 is 0 Å². The molecule has 1 aliphatic rings. The molecule has 3 rings (SSSR count). The van der Waals surface area contributed by atoms with E-state index in [4.69, 9.17) is 4.74 Å². The molecule has 0 aliphatic carbocycles.